The highest BCUT2D eigenvalue weighted by atomic mass is 15.4. The van der Waals surface area contributed by atoms with Crippen molar-refractivity contribution in [3.05, 3.63) is 83.4 Å². The molecule has 2 heteroatoms. The first-order chi connectivity index (χ1) is 10.7. The van der Waals surface area contributed by atoms with Crippen LogP contribution in [0.15, 0.2) is 71.8 Å². The predicted molar refractivity (Wildman–Crippen MR) is 94.2 cm³/mol. The summed E-state index contributed by atoms with van der Waals surface area (Å²) < 4.78 is 0. The van der Waals surface area contributed by atoms with Gasteiger partial charge in [0.05, 0.1) is 12.8 Å². The van der Waals surface area contributed by atoms with Crippen LogP contribution in [0.25, 0.3) is 10.8 Å². The van der Waals surface area contributed by atoms with Gasteiger partial charge in [0.25, 0.3) is 0 Å². The molecule has 0 fully saturated rings. The van der Waals surface area contributed by atoms with E-state index >= 15 is 0 Å². The van der Waals surface area contributed by atoms with Crippen molar-refractivity contribution >= 4 is 17.0 Å². The SMILES string of the molecule is Cc1ccccc1/C=N\N(C)Cc1cccc2ccccc12. The van der Waals surface area contributed by atoms with Crippen LogP contribution in [0, 0.1) is 6.92 Å². The molecule has 0 aromatic heterocycles. The fourth-order valence-corrected chi connectivity index (χ4v) is 2.61. The molecule has 0 saturated heterocycles. The highest BCUT2D eigenvalue weighted by Crippen LogP contribution is 2.19. The molecule has 0 saturated carbocycles. The Morgan fingerprint density at radius 2 is 1.64 bits per heavy atom. The third-order valence-electron chi connectivity index (χ3n) is 3.86. The predicted octanol–water partition coefficient (Wildman–Crippen LogP) is 4.61. The van der Waals surface area contributed by atoms with Crippen LogP contribution in [-0.4, -0.2) is 18.3 Å². The van der Waals surface area contributed by atoms with Gasteiger partial charge < -0.3 is 0 Å². The molecule has 0 heterocycles. The first-order valence-electron chi connectivity index (χ1n) is 7.51. The lowest BCUT2D eigenvalue weighted by Crippen LogP contribution is -2.11. The largest absolute Gasteiger partial charge is 0.296 e. The van der Waals surface area contributed by atoms with Crippen LogP contribution in [0.4, 0.5) is 0 Å². The average molecular weight is 288 g/mol. The van der Waals surface area contributed by atoms with Gasteiger partial charge >= 0.3 is 0 Å². The van der Waals surface area contributed by atoms with Crippen LogP contribution < -0.4 is 0 Å². The summed E-state index contributed by atoms with van der Waals surface area (Å²) in [5.74, 6) is 0. The van der Waals surface area contributed by atoms with Crippen molar-refractivity contribution in [3.8, 4) is 0 Å². The molecule has 0 bridgehead atoms. The number of hydrogen-bond donors (Lipinski definition) is 0. The number of rotatable bonds is 4. The van der Waals surface area contributed by atoms with Crippen molar-refractivity contribution in [1.82, 2.24) is 5.01 Å². The van der Waals surface area contributed by atoms with Gasteiger partial charge in [0.15, 0.2) is 0 Å². The third-order valence-corrected chi connectivity index (χ3v) is 3.86. The number of hydrazone groups is 1. The van der Waals surface area contributed by atoms with Gasteiger partial charge in [-0.15, -0.1) is 0 Å². The zero-order valence-corrected chi connectivity index (χ0v) is 13.0. The normalized spacial score (nSPS) is 11.2. The quantitative estimate of drug-likeness (QED) is 0.505. The van der Waals surface area contributed by atoms with E-state index in [-0.39, 0.29) is 0 Å². The van der Waals surface area contributed by atoms with E-state index in [9.17, 15) is 0 Å². The Morgan fingerprint density at radius 1 is 0.909 bits per heavy atom. The lowest BCUT2D eigenvalue weighted by Gasteiger charge is -2.15. The molecule has 3 aromatic carbocycles. The summed E-state index contributed by atoms with van der Waals surface area (Å²) in [4.78, 5) is 0. The zero-order valence-electron chi connectivity index (χ0n) is 13.0. The van der Waals surface area contributed by atoms with Gasteiger partial charge in [-0.05, 0) is 34.4 Å². The number of fused-ring (bicyclic) bond motifs is 1. The maximum atomic E-state index is 4.57. The molecule has 3 rings (SSSR count). The second-order valence-electron chi connectivity index (χ2n) is 5.56. The molecule has 0 N–H and O–H groups in total. The van der Waals surface area contributed by atoms with Gasteiger partial charge in [-0.25, -0.2) is 0 Å². The standard InChI is InChI=1S/C20H20N2/c1-16-8-3-4-10-18(16)14-21-22(2)15-19-12-7-11-17-9-5-6-13-20(17)19/h3-14H,15H2,1-2H3/b21-14-. The summed E-state index contributed by atoms with van der Waals surface area (Å²) in [5.41, 5.74) is 3.69. The monoisotopic (exact) mass is 288 g/mol. The molecule has 110 valence electrons. The van der Waals surface area contributed by atoms with E-state index in [0.29, 0.717) is 0 Å². The third kappa shape index (κ3) is 3.17. The number of aryl methyl sites for hydroxylation is 1. The van der Waals surface area contributed by atoms with Crippen LogP contribution in [0.1, 0.15) is 16.7 Å². The van der Waals surface area contributed by atoms with E-state index in [1.54, 1.807) is 0 Å². The first kappa shape index (κ1) is 14.3. The zero-order chi connectivity index (χ0) is 15.4. The first-order valence-corrected chi connectivity index (χ1v) is 7.51. The Labute approximate surface area is 131 Å². The fourth-order valence-electron chi connectivity index (χ4n) is 2.61. The maximum absolute atomic E-state index is 4.57. The lowest BCUT2D eigenvalue weighted by atomic mass is 10.0. The molecule has 0 spiro atoms. The summed E-state index contributed by atoms with van der Waals surface area (Å²) >= 11 is 0. The van der Waals surface area contributed by atoms with Crippen LogP contribution in [-0.2, 0) is 6.54 Å². The Balaban J connectivity index is 1.79. The van der Waals surface area contributed by atoms with E-state index in [1.807, 2.05) is 30.4 Å². The molecule has 0 amide bonds. The smallest absolute Gasteiger partial charge is 0.0613 e. The molecular formula is C20H20N2. The summed E-state index contributed by atoms with van der Waals surface area (Å²) in [5, 5.41) is 9.11. The Morgan fingerprint density at radius 3 is 2.50 bits per heavy atom. The highest BCUT2D eigenvalue weighted by Gasteiger charge is 2.02. The van der Waals surface area contributed by atoms with E-state index in [1.165, 1.54) is 21.9 Å². The molecule has 0 unspecified atom stereocenters. The fraction of sp³-hybridized carbons (Fsp3) is 0.150. The van der Waals surface area contributed by atoms with Crippen LogP contribution in [0.3, 0.4) is 0 Å². The van der Waals surface area contributed by atoms with Crippen LogP contribution >= 0.6 is 0 Å². The van der Waals surface area contributed by atoms with Crippen molar-refractivity contribution < 1.29 is 0 Å². The van der Waals surface area contributed by atoms with Gasteiger partial charge in [0, 0.05) is 7.05 Å². The summed E-state index contributed by atoms with van der Waals surface area (Å²) in [6.07, 6.45) is 1.93. The van der Waals surface area contributed by atoms with E-state index < -0.39 is 0 Å². The molecule has 0 radical (unpaired) electrons. The van der Waals surface area contributed by atoms with Gasteiger partial charge in [0.1, 0.15) is 0 Å². The molecule has 0 atom stereocenters. The minimum atomic E-state index is 0.795. The van der Waals surface area contributed by atoms with Crippen molar-refractivity contribution in [2.75, 3.05) is 7.05 Å². The molecule has 3 aromatic rings. The Kier molecular flexibility index (Phi) is 4.19. The topological polar surface area (TPSA) is 15.6 Å². The highest BCUT2D eigenvalue weighted by molar-refractivity contribution is 5.85. The molecule has 2 nitrogen and oxygen atoms in total. The second-order valence-corrected chi connectivity index (χ2v) is 5.56. The minimum Gasteiger partial charge on any atom is -0.296 e. The summed E-state index contributed by atoms with van der Waals surface area (Å²) in [6.45, 7) is 2.90. The van der Waals surface area contributed by atoms with Crippen LogP contribution in [0.2, 0.25) is 0 Å². The molecule has 0 aliphatic carbocycles. The summed E-state index contributed by atoms with van der Waals surface area (Å²) in [7, 11) is 2.01. The molecule has 0 aliphatic rings. The molecular weight excluding hydrogens is 268 g/mol. The minimum absolute atomic E-state index is 0.795. The van der Waals surface area contributed by atoms with E-state index in [4.69, 9.17) is 0 Å². The van der Waals surface area contributed by atoms with Crippen molar-refractivity contribution in [2.24, 2.45) is 5.10 Å². The van der Waals surface area contributed by atoms with Crippen LogP contribution in [0.5, 0.6) is 0 Å². The van der Waals surface area contributed by atoms with Gasteiger partial charge in [-0.3, -0.25) is 5.01 Å². The lowest BCUT2D eigenvalue weighted by molar-refractivity contribution is 0.350. The summed E-state index contributed by atoms with van der Waals surface area (Å²) in [6, 6.07) is 23.2. The number of benzene rings is 3. The Hall–Kier alpha value is -2.61. The average Bonchev–Trinajstić information content (AvgIpc) is 2.54. The van der Waals surface area contributed by atoms with Crippen molar-refractivity contribution in [3.63, 3.8) is 0 Å². The van der Waals surface area contributed by atoms with Crippen molar-refractivity contribution in [2.45, 2.75) is 13.5 Å². The van der Waals surface area contributed by atoms with Gasteiger partial charge in [-0.1, -0.05) is 66.7 Å². The molecule has 0 aliphatic heterocycles. The second kappa shape index (κ2) is 6.44. The van der Waals surface area contributed by atoms with E-state index in [0.717, 1.165) is 12.1 Å². The number of nitrogens with zero attached hydrogens (tertiary/aromatic N) is 2. The van der Waals surface area contributed by atoms with E-state index in [2.05, 4.69) is 66.6 Å². The molecule has 22 heavy (non-hydrogen) atoms. The maximum Gasteiger partial charge on any atom is 0.0613 e. The number of hydrogen-bond acceptors (Lipinski definition) is 2. The van der Waals surface area contributed by atoms with Crippen molar-refractivity contribution in [1.29, 1.82) is 0 Å². The van der Waals surface area contributed by atoms with Gasteiger partial charge in [0.2, 0.25) is 0 Å². The Bertz CT molecular complexity index is 800. The van der Waals surface area contributed by atoms with Gasteiger partial charge in [-0.2, -0.15) is 5.10 Å².